The maximum Gasteiger partial charge on any atom is 0.338 e. The van der Waals surface area contributed by atoms with Crippen LogP contribution in [0.3, 0.4) is 0 Å². The molecular formula is C12H10FN3O4. The number of aromatic carboxylic acids is 1. The molecule has 1 aromatic carbocycles. The van der Waals surface area contributed by atoms with Gasteiger partial charge in [-0.25, -0.2) is 14.2 Å². The molecule has 0 aliphatic heterocycles. The van der Waals surface area contributed by atoms with Crippen LogP contribution < -0.4 is 0 Å². The predicted molar refractivity (Wildman–Crippen MR) is 66.5 cm³/mol. The van der Waals surface area contributed by atoms with Crippen LogP contribution >= 0.6 is 0 Å². The molecule has 7 nitrogen and oxygen atoms in total. The highest BCUT2D eigenvalue weighted by Crippen LogP contribution is 2.27. The van der Waals surface area contributed by atoms with Gasteiger partial charge < -0.3 is 5.11 Å². The molecule has 104 valence electrons. The minimum atomic E-state index is -1.56. The molecule has 0 radical (unpaired) electrons. The standard InChI is InChI=1S/C12H10FN3O4/c1-2-11-14-3-4-15(11)9-6-8(13)7(12(17)18)5-10(9)16(19)20/h3-6H,2H2,1H3,(H,17,18). The fourth-order valence-corrected chi connectivity index (χ4v) is 1.87. The van der Waals surface area contributed by atoms with Crippen LogP contribution in [-0.4, -0.2) is 25.6 Å². The minimum absolute atomic E-state index is 0.0492. The number of nitro groups is 1. The minimum Gasteiger partial charge on any atom is -0.478 e. The first kappa shape index (κ1) is 13.7. The highest BCUT2D eigenvalue weighted by molar-refractivity contribution is 5.89. The highest BCUT2D eigenvalue weighted by Gasteiger charge is 2.23. The van der Waals surface area contributed by atoms with E-state index >= 15 is 0 Å². The van der Waals surface area contributed by atoms with Gasteiger partial charge in [-0.05, 0) is 0 Å². The zero-order chi connectivity index (χ0) is 14.9. The lowest BCUT2D eigenvalue weighted by molar-refractivity contribution is -0.384. The Bertz CT molecular complexity index is 696. The quantitative estimate of drug-likeness (QED) is 0.683. The van der Waals surface area contributed by atoms with Crippen molar-refractivity contribution < 1.29 is 19.2 Å². The lowest BCUT2D eigenvalue weighted by atomic mass is 10.1. The number of hydrogen-bond donors (Lipinski definition) is 1. The van der Waals surface area contributed by atoms with E-state index in [4.69, 9.17) is 5.11 Å². The van der Waals surface area contributed by atoms with Crippen LogP contribution in [-0.2, 0) is 6.42 Å². The zero-order valence-corrected chi connectivity index (χ0v) is 10.4. The number of carboxylic acid groups (broad SMARTS) is 1. The second-order valence-corrected chi connectivity index (χ2v) is 3.95. The van der Waals surface area contributed by atoms with E-state index < -0.39 is 28.0 Å². The largest absolute Gasteiger partial charge is 0.478 e. The molecule has 0 aliphatic rings. The van der Waals surface area contributed by atoms with Gasteiger partial charge in [0, 0.05) is 30.9 Å². The second kappa shape index (κ2) is 5.08. The molecule has 0 saturated carbocycles. The zero-order valence-electron chi connectivity index (χ0n) is 10.4. The van der Waals surface area contributed by atoms with E-state index in [1.54, 1.807) is 6.92 Å². The normalized spacial score (nSPS) is 10.5. The fourth-order valence-electron chi connectivity index (χ4n) is 1.87. The van der Waals surface area contributed by atoms with Crippen molar-refractivity contribution in [3.05, 3.63) is 51.8 Å². The van der Waals surface area contributed by atoms with Gasteiger partial charge in [0.2, 0.25) is 0 Å². The van der Waals surface area contributed by atoms with Gasteiger partial charge in [0.25, 0.3) is 5.69 Å². The Labute approximate surface area is 112 Å². The third kappa shape index (κ3) is 2.22. The average Bonchev–Trinajstić information content (AvgIpc) is 2.85. The van der Waals surface area contributed by atoms with Gasteiger partial charge in [-0.3, -0.25) is 14.7 Å². The van der Waals surface area contributed by atoms with E-state index in [2.05, 4.69) is 4.98 Å². The number of hydrogen-bond acceptors (Lipinski definition) is 4. The maximum atomic E-state index is 13.7. The molecule has 20 heavy (non-hydrogen) atoms. The number of rotatable bonds is 4. The molecule has 1 aromatic heterocycles. The Kier molecular flexibility index (Phi) is 3.47. The maximum absolute atomic E-state index is 13.7. The number of carboxylic acids is 1. The SMILES string of the molecule is CCc1nccn1-c1cc(F)c(C(=O)O)cc1[N+](=O)[O-]. The van der Waals surface area contributed by atoms with E-state index in [1.165, 1.54) is 17.0 Å². The van der Waals surface area contributed by atoms with Crippen LogP contribution in [0.4, 0.5) is 10.1 Å². The molecule has 2 rings (SSSR count). The molecule has 0 bridgehead atoms. The van der Waals surface area contributed by atoms with Crippen molar-refractivity contribution >= 4 is 11.7 Å². The van der Waals surface area contributed by atoms with Gasteiger partial charge in [-0.2, -0.15) is 0 Å². The van der Waals surface area contributed by atoms with Crippen molar-refractivity contribution in [2.24, 2.45) is 0 Å². The van der Waals surface area contributed by atoms with E-state index in [1.807, 2.05) is 0 Å². The van der Waals surface area contributed by atoms with E-state index in [-0.39, 0.29) is 5.69 Å². The molecule has 0 atom stereocenters. The van der Waals surface area contributed by atoms with Crippen molar-refractivity contribution in [3.63, 3.8) is 0 Å². The summed E-state index contributed by atoms with van der Waals surface area (Å²) in [4.78, 5) is 25.1. The van der Waals surface area contributed by atoms with Gasteiger partial charge >= 0.3 is 5.97 Å². The molecular weight excluding hydrogens is 269 g/mol. The van der Waals surface area contributed by atoms with Crippen molar-refractivity contribution in [1.82, 2.24) is 9.55 Å². The Morgan fingerprint density at radius 3 is 2.80 bits per heavy atom. The summed E-state index contributed by atoms with van der Waals surface area (Å²) >= 11 is 0. The summed E-state index contributed by atoms with van der Waals surface area (Å²) in [6.45, 7) is 1.80. The summed E-state index contributed by atoms with van der Waals surface area (Å²) in [5.74, 6) is -2.08. The molecule has 0 amide bonds. The van der Waals surface area contributed by atoms with Crippen LogP contribution in [0, 0.1) is 15.9 Å². The molecule has 0 saturated heterocycles. The van der Waals surface area contributed by atoms with Gasteiger partial charge in [0.05, 0.1) is 4.92 Å². The van der Waals surface area contributed by atoms with Gasteiger partial charge in [0.1, 0.15) is 22.9 Å². The Morgan fingerprint density at radius 1 is 1.55 bits per heavy atom. The molecule has 1 heterocycles. The fraction of sp³-hybridized carbons (Fsp3) is 0.167. The average molecular weight is 279 g/mol. The third-order valence-corrected chi connectivity index (χ3v) is 2.78. The second-order valence-electron chi connectivity index (χ2n) is 3.95. The molecule has 0 unspecified atom stereocenters. The summed E-state index contributed by atoms with van der Waals surface area (Å²) in [5.41, 5.74) is -1.28. The summed E-state index contributed by atoms with van der Waals surface area (Å²) in [6, 6.07) is 1.55. The van der Waals surface area contributed by atoms with E-state index in [0.29, 0.717) is 18.3 Å². The van der Waals surface area contributed by atoms with Crippen LogP contribution in [0.25, 0.3) is 5.69 Å². The molecule has 8 heteroatoms. The first-order valence-corrected chi connectivity index (χ1v) is 5.69. The lowest BCUT2D eigenvalue weighted by Gasteiger charge is -2.08. The number of benzene rings is 1. The van der Waals surface area contributed by atoms with Crippen LogP contribution in [0.15, 0.2) is 24.5 Å². The number of carbonyl (C=O) groups is 1. The first-order valence-electron chi connectivity index (χ1n) is 5.69. The monoisotopic (exact) mass is 279 g/mol. The Morgan fingerprint density at radius 2 is 2.25 bits per heavy atom. The number of imidazole rings is 1. The number of halogens is 1. The van der Waals surface area contributed by atoms with Gasteiger partial charge in [-0.15, -0.1) is 0 Å². The molecule has 1 N–H and O–H groups in total. The number of aryl methyl sites for hydroxylation is 1. The lowest BCUT2D eigenvalue weighted by Crippen LogP contribution is -2.08. The molecule has 0 fully saturated rings. The number of aromatic nitrogens is 2. The summed E-state index contributed by atoms with van der Waals surface area (Å²) < 4.78 is 15.1. The third-order valence-electron chi connectivity index (χ3n) is 2.78. The first-order chi connectivity index (χ1) is 9.45. The number of nitro benzene ring substituents is 1. The van der Waals surface area contributed by atoms with Crippen LogP contribution in [0.2, 0.25) is 0 Å². The summed E-state index contributed by atoms with van der Waals surface area (Å²) in [5, 5.41) is 19.9. The van der Waals surface area contributed by atoms with Crippen LogP contribution in [0.1, 0.15) is 23.1 Å². The van der Waals surface area contributed by atoms with Crippen molar-refractivity contribution in [2.75, 3.05) is 0 Å². The topological polar surface area (TPSA) is 98.3 Å². The smallest absolute Gasteiger partial charge is 0.338 e. The van der Waals surface area contributed by atoms with Crippen molar-refractivity contribution in [3.8, 4) is 5.69 Å². The summed E-state index contributed by atoms with van der Waals surface area (Å²) in [7, 11) is 0. The van der Waals surface area contributed by atoms with Crippen molar-refractivity contribution in [2.45, 2.75) is 13.3 Å². The van der Waals surface area contributed by atoms with E-state index in [0.717, 1.165) is 6.07 Å². The van der Waals surface area contributed by atoms with Crippen LogP contribution in [0.5, 0.6) is 0 Å². The molecule has 0 aliphatic carbocycles. The molecule has 2 aromatic rings. The summed E-state index contributed by atoms with van der Waals surface area (Å²) in [6.07, 6.45) is 3.39. The highest BCUT2D eigenvalue weighted by atomic mass is 19.1. The molecule has 0 spiro atoms. The Balaban J connectivity index is 2.73. The van der Waals surface area contributed by atoms with Gasteiger partial charge in [-0.1, -0.05) is 6.92 Å². The predicted octanol–water partition coefficient (Wildman–Crippen LogP) is 2.18. The van der Waals surface area contributed by atoms with E-state index in [9.17, 15) is 19.3 Å². The van der Waals surface area contributed by atoms with Gasteiger partial charge in [0.15, 0.2) is 0 Å². The Hall–Kier alpha value is -2.77. The van der Waals surface area contributed by atoms with Crippen molar-refractivity contribution in [1.29, 1.82) is 0 Å². The number of nitrogens with zero attached hydrogens (tertiary/aromatic N) is 3.